The molecule has 0 saturated carbocycles. The lowest BCUT2D eigenvalue weighted by Gasteiger charge is -2.17. The lowest BCUT2D eigenvalue weighted by Crippen LogP contribution is -2.28. The van der Waals surface area contributed by atoms with Gasteiger partial charge in [-0.25, -0.2) is 13.4 Å². The highest BCUT2D eigenvalue weighted by atomic mass is 32.2. The Kier molecular flexibility index (Phi) is 4.32. The second-order valence-corrected chi connectivity index (χ2v) is 8.68. The number of aryl methyl sites for hydroxylation is 1. The zero-order valence-electron chi connectivity index (χ0n) is 15.0. The molecule has 0 aliphatic carbocycles. The topological polar surface area (TPSA) is 91.2 Å². The van der Waals surface area contributed by atoms with Crippen LogP contribution >= 0.6 is 0 Å². The summed E-state index contributed by atoms with van der Waals surface area (Å²) in [7, 11) is -3.59. The molecule has 1 saturated heterocycles. The lowest BCUT2D eigenvalue weighted by molar-refractivity contribution is 0.186. The Labute approximate surface area is 156 Å². The van der Waals surface area contributed by atoms with Crippen LogP contribution in [0.2, 0.25) is 0 Å². The first-order valence-electron chi connectivity index (χ1n) is 8.62. The van der Waals surface area contributed by atoms with Crippen LogP contribution in [0.15, 0.2) is 46.5 Å². The Morgan fingerprint density at radius 1 is 1.22 bits per heavy atom. The van der Waals surface area contributed by atoms with Crippen LogP contribution in [-0.2, 0) is 14.6 Å². The van der Waals surface area contributed by atoms with Crippen molar-refractivity contribution in [1.29, 1.82) is 0 Å². The summed E-state index contributed by atoms with van der Waals surface area (Å²) in [6.07, 6.45) is 3.19. The fourth-order valence-electron chi connectivity index (χ4n) is 3.42. The minimum absolute atomic E-state index is 0.189. The van der Waals surface area contributed by atoms with Gasteiger partial charge in [0.05, 0.1) is 12.6 Å². The van der Waals surface area contributed by atoms with Crippen LogP contribution in [0.4, 0.5) is 0 Å². The van der Waals surface area contributed by atoms with Gasteiger partial charge in [-0.3, -0.25) is 9.36 Å². The van der Waals surface area contributed by atoms with Gasteiger partial charge >= 0.3 is 0 Å². The number of sulfone groups is 1. The Bertz CT molecular complexity index is 1200. The number of rotatable bonds is 3. The quantitative estimate of drug-likeness (QED) is 0.642. The van der Waals surface area contributed by atoms with Crippen molar-refractivity contribution >= 4 is 20.9 Å². The van der Waals surface area contributed by atoms with Crippen molar-refractivity contribution in [2.75, 3.05) is 19.5 Å². The first-order chi connectivity index (χ1) is 12.9. The fraction of sp³-hybridized carbons (Fsp3) is 0.316. The predicted octanol–water partition coefficient (Wildman–Crippen LogP) is 2.13. The zero-order chi connectivity index (χ0) is 19.2. The van der Waals surface area contributed by atoms with Gasteiger partial charge < -0.3 is 4.74 Å². The van der Waals surface area contributed by atoms with Gasteiger partial charge in [0, 0.05) is 30.0 Å². The molecule has 1 aliphatic heterocycles. The number of hydrogen-bond donors (Lipinski definition) is 0. The molecule has 27 heavy (non-hydrogen) atoms. The third-order valence-corrected chi connectivity index (χ3v) is 5.65. The molecule has 140 valence electrons. The summed E-state index contributed by atoms with van der Waals surface area (Å²) in [4.78, 5) is 21.6. The van der Waals surface area contributed by atoms with E-state index in [9.17, 15) is 13.2 Å². The van der Waals surface area contributed by atoms with Crippen molar-refractivity contribution in [3.63, 3.8) is 0 Å². The highest BCUT2D eigenvalue weighted by Crippen LogP contribution is 2.27. The van der Waals surface area contributed by atoms with Crippen LogP contribution in [0.1, 0.15) is 18.0 Å². The average molecular weight is 385 g/mol. The van der Waals surface area contributed by atoms with Gasteiger partial charge in [0.15, 0.2) is 0 Å². The number of benzene rings is 1. The monoisotopic (exact) mass is 385 g/mol. The van der Waals surface area contributed by atoms with E-state index in [4.69, 9.17) is 4.74 Å². The third-order valence-electron chi connectivity index (χ3n) is 4.79. The van der Waals surface area contributed by atoms with Crippen LogP contribution in [-0.4, -0.2) is 42.4 Å². The van der Waals surface area contributed by atoms with Crippen molar-refractivity contribution in [2.24, 2.45) is 0 Å². The highest BCUT2D eigenvalue weighted by Gasteiger charge is 2.25. The average Bonchev–Trinajstić information content (AvgIpc) is 3.15. The maximum absolute atomic E-state index is 13.4. The van der Waals surface area contributed by atoms with E-state index < -0.39 is 9.84 Å². The van der Waals surface area contributed by atoms with Crippen LogP contribution in [0.25, 0.3) is 22.2 Å². The van der Waals surface area contributed by atoms with Gasteiger partial charge in [0.25, 0.3) is 5.56 Å². The third kappa shape index (κ3) is 3.15. The predicted molar refractivity (Wildman–Crippen MR) is 102 cm³/mol. The van der Waals surface area contributed by atoms with Gasteiger partial charge in [0.2, 0.25) is 15.0 Å². The van der Waals surface area contributed by atoms with E-state index in [2.05, 4.69) is 9.97 Å². The van der Waals surface area contributed by atoms with E-state index in [0.717, 1.165) is 17.4 Å². The van der Waals surface area contributed by atoms with E-state index in [1.807, 2.05) is 31.2 Å². The van der Waals surface area contributed by atoms with Crippen LogP contribution in [0, 0.1) is 6.92 Å². The fourth-order valence-corrected chi connectivity index (χ4v) is 3.91. The van der Waals surface area contributed by atoms with E-state index in [1.165, 1.54) is 6.20 Å². The van der Waals surface area contributed by atoms with E-state index in [0.29, 0.717) is 36.2 Å². The molecule has 7 nitrogen and oxygen atoms in total. The largest absolute Gasteiger partial charge is 0.379 e. The van der Waals surface area contributed by atoms with Crippen LogP contribution in [0.3, 0.4) is 0 Å². The molecule has 3 aromatic rings. The maximum atomic E-state index is 13.4. The lowest BCUT2D eigenvalue weighted by atomic mass is 10.0. The number of fused-ring (bicyclic) bond motifs is 1. The van der Waals surface area contributed by atoms with Crippen molar-refractivity contribution in [3.05, 3.63) is 52.4 Å². The summed E-state index contributed by atoms with van der Waals surface area (Å²) in [6.45, 7) is 2.90. The summed E-state index contributed by atoms with van der Waals surface area (Å²) in [5.41, 5.74) is 2.48. The molecule has 0 unspecified atom stereocenters. The summed E-state index contributed by atoms with van der Waals surface area (Å²) >= 11 is 0. The molecule has 0 spiro atoms. The summed E-state index contributed by atoms with van der Waals surface area (Å²) in [6, 6.07) is 9.21. The molecule has 0 N–H and O–H groups in total. The number of nitrogens with zero attached hydrogens (tertiary/aromatic N) is 3. The van der Waals surface area contributed by atoms with Crippen molar-refractivity contribution in [1.82, 2.24) is 14.5 Å². The summed E-state index contributed by atoms with van der Waals surface area (Å²) < 4.78 is 30.8. The molecule has 8 heteroatoms. The first kappa shape index (κ1) is 17.8. The molecule has 1 aliphatic rings. The first-order valence-corrected chi connectivity index (χ1v) is 10.5. The van der Waals surface area contributed by atoms with Crippen molar-refractivity contribution in [3.8, 4) is 11.1 Å². The van der Waals surface area contributed by atoms with Gasteiger partial charge in [-0.05, 0) is 30.5 Å². The number of pyridine rings is 1. The van der Waals surface area contributed by atoms with Crippen LogP contribution in [0.5, 0.6) is 0 Å². The Hall–Kier alpha value is -2.58. The maximum Gasteiger partial charge on any atom is 0.260 e. The molecule has 0 amide bonds. The minimum Gasteiger partial charge on any atom is -0.379 e. The molecule has 0 radical (unpaired) electrons. The smallest absolute Gasteiger partial charge is 0.260 e. The normalized spacial score (nSPS) is 17.5. The van der Waals surface area contributed by atoms with Gasteiger partial charge in [0.1, 0.15) is 5.65 Å². The molecule has 1 fully saturated rings. The van der Waals surface area contributed by atoms with E-state index in [1.54, 1.807) is 10.6 Å². The van der Waals surface area contributed by atoms with Crippen molar-refractivity contribution < 1.29 is 13.2 Å². The minimum atomic E-state index is -3.59. The molecular weight excluding hydrogens is 366 g/mol. The molecule has 1 aromatic carbocycles. The standard InChI is InChI=1S/C19H19N3O4S/c1-12-5-3-4-6-15(12)16-9-13-10-20-19(27(2,24)25)21-17(13)22(18(16)23)14-7-8-26-11-14/h3-6,9-10,14H,7-8,11H2,1-2H3/t14-/m0/s1. The molecule has 2 aromatic heterocycles. The highest BCUT2D eigenvalue weighted by molar-refractivity contribution is 7.90. The van der Waals surface area contributed by atoms with Gasteiger partial charge in [-0.15, -0.1) is 0 Å². The van der Waals surface area contributed by atoms with E-state index >= 15 is 0 Å². The van der Waals surface area contributed by atoms with E-state index in [-0.39, 0.29) is 16.8 Å². The molecule has 3 heterocycles. The number of aromatic nitrogens is 3. The molecular formula is C19H19N3O4S. The Balaban J connectivity index is 2.07. The molecule has 4 rings (SSSR count). The Morgan fingerprint density at radius 3 is 2.67 bits per heavy atom. The number of ether oxygens (including phenoxy) is 1. The van der Waals surface area contributed by atoms with Crippen LogP contribution < -0.4 is 5.56 Å². The second-order valence-electron chi connectivity index (χ2n) is 6.77. The molecule has 0 bridgehead atoms. The SMILES string of the molecule is Cc1ccccc1-c1cc2cnc(S(C)(=O)=O)nc2n([C@H]2CCOC2)c1=O. The van der Waals surface area contributed by atoms with Gasteiger partial charge in [-0.1, -0.05) is 24.3 Å². The van der Waals surface area contributed by atoms with Gasteiger partial charge in [-0.2, -0.15) is 4.98 Å². The zero-order valence-corrected chi connectivity index (χ0v) is 15.9. The summed E-state index contributed by atoms with van der Waals surface area (Å²) in [5.74, 6) is 0. The molecule has 1 atom stereocenters. The second kappa shape index (κ2) is 6.54. The Morgan fingerprint density at radius 2 is 2.00 bits per heavy atom. The summed E-state index contributed by atoms with van der Waals surface area (Å²) in [5, 5.41) is 0.331. The van der Waals surface area contributed by atoms with Crippen molar-refractivity contribution in [2.45, 2.75) is 24.5 Å². The number of hydrogen-bond acceptors (Lipinski definition) is 6.